The maximum absolute atomic E-state index is 13.4. The highest BCUT2D eigenvalue weighted by Gasteiger charge is 2.49. The van der Waals surface area contributed by atoms with Crippen LogP contribution in [-0.4, -0.2) is 0 Å². The van der Waals surface area contributed by atoms with Crippen LogP contribution in [0.25, 0.3) is 11.1 Å². The predicted octanol–water partition coefficient (Wildman–Crippen LogP) is 5.57. The topological polar surface area (TPSA) is 52.0 Å². The third kappa shape index (κ3) is 3.65. The minimum atomic E-state index is -5.77. The highest BCUT2D eigenvalue weighted by atomic mass is 19.4. The molecule has 2 rings (SSSR count). The Kier molecular flexibility index (Phi) is 4.55. The number of rotatable bonds is 1. The Bertz CT molecular complexity index is 815. The van der Waals surface area contributed by atoms with Gasteiger partial charge in [0, 0.05) is 5.69 Å². The number of nitrogens with two attached hydrogens (primary N) is 2. The normalized spacial score (nSPS) is 13.1. The number of benzene rings is 2. The summed E-state index contributed by atoms with van der Waals surface area (Å²) in [6.45, 7) is 0. The molecule has 0 spiro atoms. The van der Waals surface area contributed by atoms with E-state index >= 15 is 0 Å². The molecule has 0 fully saturated rings. The van der Waals surface area contributed by atoms with Gasteiger partial charge >= 0.3 is 18.5 Å². The van der Waals surface area contributed by atoms with Gasteiger partial charge in [0.2, 0.25) is 0 Å². The van der Waals surface area contributed by atoms with E-state index in [1.807, 2.05) is 0 Å². The van der Waals surface area contributed by atoms with Crippen molar-refractivity contribution in [2.75, 3.05) is 11.5 Å². The predicted molar refractivity (Wildman–Crippen MR) is 75.7 cm³/mol. The zero-order valence-corrected chi connectivity index (χ0v) is 12.4. The molecule has 26 heavy (non-hydrogen) atoms. The molecule has 2 aromatic carbocycles. The van der Waals surface area contributed by atoms with E-state index in [0.717, 1.165) is 24.3 Å². The first kappa shape index (κ1) is 19.7. The Morgan fingerprint density at radius 3 is 1.46 bits per heavy atom. The lowest BCUT2D eigenvalue weighted by Crippen LogP contribution is -2.23. The number of hydrogen-bond acceptors (Lipinski definition) is 2. The molecular weight excluding hydrogens is 379 g/mol. The van der Waals surface area contributed by atoms with E-state index in [0.29, 0.717) is 0 Å². The highest BCUT2D eigenvalue weighted by molar-refractivity contribution is 5.77. The van der Waals surface area contributed by atoms with Gasteiger partial charge in [0.05, 0.1) is 22.4 Å². The van der Waals surface area contributed by atoms with Crippen molar-refractivity contribution in [3.8, 4) is 11.1 Å². The van der Waals surface area contributed by atoms with Crippen LogP contribution in [0, 0.1) is 0 Å². The summed E-state index contributed by atoms with van der Waals surface area (Å²) in [5.74, 6) is 0. The van der Waals surface area contributed by atoms with Gasteiger partial charge < -0.3 is 11.5 Å². The fourth-order valence-corrected chi connectivity index (χ4v) is 2.41. The van der Waals surface area contributed by atoms with E-state index in [1.165, 1.54) is 0 Å². The fourth-order valence-electron chi connectivity index (χ4n) is 2.41. The maximum Gasteiger partial charge on any atom is 0.419 e. The number of hydrogen-bond donors (Lipinski definition) is 2. The van der Waals surface area contributed by atoms with E-state index in [1.54, 1.807) is 0 Å². The molecule has 0 aliphatic heterocycles. The average molecular weight is 388 g/mol. The first-order chi connectivity index (χ1) is 11.6. The highest BCUT2D eigenvalue weighted by Crippen LogP contribution is 2.51. The van der Waals surface area contributed by atoms with Crippen LogP contribution < -0.4 is 11.5 Å². The summed E-state index contributed by atoms with van der Waals surface area (Å²) in [6, 6.07) is 3.82. The summed E-state index contributed by atoms with van der Waals surface area (Å²) in [6.07, 6.45) is -16.8. The molecule has 0 atom stereocenters. The van der Waals surface area contributed by atoms with Gasteiger partial charge in [-0.2, -0.15) is 39.5 Å². The SMILES string of the molecule is Nc1ccc(-c2cc(C(F)(F)F)c(N)c(C(F)(F)F)c2C(F)(F)F)cc1. The molecule has 142 valence electrons. The zero-order chi connectivity index (χ0) is 20.1. The minimum absolute atomic E-state index is 0.0427. The molecule has 11 heteroatoms. The quantitative estimate of drug-likeness (QED) is 0.495. The van der Waals surface area contributed by atoms with Gasteiger partial charge in [-0.3, -0.25) is 0 Å². The van der Waals surface area contributed by atoms with Gasteiger partial charge in [-0.15, -0.1) is 0 Å². The summed E-state index contributed by atoms with van der Waals surface area (Å²) in [5.41, 5.74) is -0.461. The second-order valence-electron chi connectivity index (χ2n) is 5.25. The lowest BCUT2D eigenvalue weighted by atomic mass is 9.90. The molecule has 0 aliphatic carbocycles. The fraction of sp³-hybridized carbons (Fsp3) is 0.200. The number of nitrogen functional groups attached to an aromatic ring is 2. The molecule has 0 radical (unpaired) electrons. The average Bonchev–Trinajstić information content (AvgIpc) is 2.44. The van der Waals surface area contributed by atoms with Gasteiger partial charge in [0.1, 0.15) is 0 Å². The zero-order valence-electron chi connectivity index (χ0n) is 12.4. The molecule has 0 bridgehead atoms. The van der Waals surface area contributed by atoms with Crippen molar-refractivity contribution in [2.24, 2.45) is 0 Å². The Balaban J connectivity index is 3.04. The molecule has 2 nitrogen and oxygen atoms in total. The molecular formula is C15H9F9N2. The van der Waals surface area contributed by atoms with E-state index in [2.05, 4.69) is 0 Å². The summed E-state index contributed by atoms with van der Waals surface area (Å²) in [7, 11) is 0. The van der Waals surface area contributed by atoms with E-state index in [9.17, 15) is 39.5 Å². The maximum atomic E-state index is 13.4. The second kappa shape index (κ2) is 5.99. The van der Waals surface area contributed by atoms with Crippen LogP contribution in [0.2, 0.25) is 0 Å². The summed E-state index contributed by atoms with van der Waals surface area (Å²) < 4.78 is 119. The van der Waals surface area contributed by atoms with Crippen molar-refractivity contribution < 1.29 is 39.5 Å². The first-order valence-electron chi connectivity index (χ1n) is 6.68. The number of alkyl halides is 9. The third-order valence-electron chi connectivity index (χ3n) is 3.46. The van der Waals surface area contributed by atoms with E-state index in [-0.39, 0.29) is 11.8 Å². The van der Waals surface area contributed by atoms with E-state index < -0.39 is 52.0 Å². The summed E-state index contributed by atoms with van der Waals surface area (Å²) in [5, 5.41) is 0. The molecule has 0 saturated carbocycles. The van der Waals surface area contributed by atoms with Crippen molar-refractivity contribution in [3.63, 3.8) is 0 Å². The molecule has 0 saturated heterocycles. The summed E-state index contributed by atoms with van der Waals surface area (Å²) >= 11 is 0. The third-order valence-corrected chi connectivity index (χ3v) is 3.46. The molecule has 0 aromatic heterocycles. The lowest BCUT2D eigenvalue weighted by molar-refractivity contribution is -0.162. The van der Waals surface area contributed by atoms with Crippen molar-refractivity contribution in [1.82, 2.24) is 0 Å². The molecule has 2 aromatic rings. The smallest absolute Gasteiger partial charge is 0.399 e. The lowest BCUT2D eigenvalue weighted by Gasteiger charge is -2.24. The van der Waals surface area contributed by atoms with Crippen LogP contribution >= 0.6 is 0 Å². The van der Waals surface area contributed by atoms with Crippen LogP contribution in [0.15, 0.2) is 30.3 Å². The standard InChI is InChI=1S/C15H9F9N2/c16-13(17,18)9-5-8(6-1-3-7(25)4-2-6)10(14(19,20)21)11(12(9)26)15(22,23)24/h1-5H,25-26H2. The van der Waals surface area contributed by atoms with Gasteiger partial charge in [0.15, 0.2) is 0 Å². The Morgan fingerprint density at radius 1 is 0.615 bits per heavy atom. The van der Waals surface area contributed by atoms with Gasteiger partial charge in [-0.05, 0) is 29.3 Å². The Hall–Kier alpha value is -2.59. The minimum Gasteiger partial charge on any atom is -0.399 e. The molecule has 0 unspecified atom stereocenters. The van der Waals surface area contributed by atoms with Crippen LogP contribution in [0.3, 0.4) is 0 Å². The largest absolute Gasteiger partial charge is 0.419 e. The van der Waals surface area contributed by atoms with Crippen molar-refractivity contribution in [2.45, 2.75) is 18.5 Å². The van der Waals surface area contributed by atoms with Gasteiger partial charge in [-0.1, -0.05) is 12.1 Å². The van der Waals surface area contributed by atoms with E-state index in [4.69, 9.17) is 11.5 Å². The monoisotopic (exact) mass is 388 g/mol. The molecule has 4 N–H and O–H groups in total. The van der Waals surface area contributed by atoms with Gasteiger partial charge in [-0.25, -0.2) is 0 Å². The Labute approximate surface area is 140 Å². The second-order valence-corrected chi connectivity index (χ2v) is 5.25. The van der Waals surface area contributed by atoms with Crippen LogP contribution in [-0.2, 0) is 18.5 Å². The van der Waals surface area contributed by atoms with Crippen LogP contribution in [0.1, 0.15) is 16.7 Å². The molecule has 0 heterocycles. The first-order valence-corrected chi connectivity index (χ1v) is 6.68. The van der Waals surface area contributed by atoms with Gasteiger partial charge in [0.25, 0.3) is 0 Å². The Morgan fingerprint density at radius 2 is 1.08 bits per heavy atom. The molecule has 0 amide bonds. The summed E-state index contributed by atoms with van der Waals surface area (Å²) in [4.78, 5) is 0. The van der Waals surface area contributed by atoms with Crippen molar-refractivity contribution in [3.05, 3.63) is 47.0 Å². The number of halogens is 9. The number of anilines is 2. The van der Waals surface area contributed by atoms with Crippen molar-refractivity contribution >= 4 is 11.4 Å². The molecule has 0 aliphatic rings. The van der Waals surface area contributed by atoms with Crippen molar-refractivity contribution in [1.29, 1.82) is 0 Å². The van der Waals surface area contributed by atoms with Crippen LogP contribution in [0.5, 0.6) is 0 Å². The van der Waals surface area contributed by atoms with Crippen LogP contribution in [0.4, 0.5) is 50.9 Å².